The number of benzene rings is 2. The first-order valence-corrected chi connectivity index (χ1v) is 9.75. The van der Waals surface area contributed by atoms with Crippen LogP contribution in [0.3, 0.4) is 0 Å². The van der Waals surface area contributed by atoms with E-state index in [0.29, 0.717) is 17.2 Å². The van der Waals surface area contributed by atoms with Gasteiger partial charge >= 0.3 is 6.03 Å². The molecule has 8 nitrogen and oxygen atoms in total. The molecule has 2 aromatic carbocycles. The summed E-state index contributed by atoms with van der Waals surface area (Å²) in [5, 5.41) is 5.58. The highest BCUT2D eigenvalue weighted by molar-refractivity contribution is 6.22. The molecule has 0 radical (unpaired) electrons. The molecule has 0 spiro atoms. The number of urea groups is 1. The van der Waals surface area contributed by atoms with Gasteiger partial charge in [-0.3, -0.25) is 9.59 Å². The second-order valence-corrected chi connectivity index (χ2v) is 7.28. The summed E-state index contributed by atoms with van der Waals surface area (Å²) >= 11 is 0. The first kappa shape index (κ1) is 19.8. The zero-order chi connectivity index (χ0) is 21.3. The van der Waals surface area contributed by atoms with Crippen molar-refractivity contribution in [2.45, 2.75) is 31.3 Å². The Labute approximate surface area is 174 Å². The smallest absolute Gasteiger partial charge is 0.329 e. The quantitative estimate of drug-likeness (QED) is 0.714. The fraction of sp³-hybridized carbons (Fsp3) is 0.318. The van der Waals surface area contributed by atoms with E-state index in [1.54, 1.807) is 44.6 Å². The van der Waals surface area contributed by atoms with E-state index < -0.39 is 18.0 Å². The number of para-hydroxylation sites is 1. The number of anilines is 1. The number of imide groups is 1. The molecule has 0 aromatic heterocycles. The van der Waals surface area contributed by atoms with E-state index >= 15 is 0 Å². The number of hydrogen-bond acceptors (Lipinski definition) is 5. The van der Waals surface area contributed by atoms with Crippen LogP contribution in [0.25, 0.3) is 0 Å². The predicted octanol–water partition coefficient (Wildman–Crippen LogP) is 2.32. The van der Waals surface area contributed by atoms with Gasteiger partial charge in [0.05, 0.1) is 32.4 Å². The lowest BCUT2D eigenvalue weighted by Crippen LogP contribution is -2.37. The summed E-state index contributed by atoms with van der Waals surface area (Å²) in [7, 11) is 3.16. The lowest BCUT2D eigenvalue weighted by molar-refractivity contribution is -0.126. The van der Waals surface area contributed by atoms with Gasteiger partial charge in [-0.15, -0.1) is 0 Å². The normalized spacial score (nSPS) is 20.0. The molecule has 0 saturated carbocycles. The summed E-state index contributed by atoms with van der Waals surface area (Å²) in [6.07, 6.45) is 1.44. The Balaban J connectivity index is 1.43. The van der Waals surface area contributed by atoms with Crippen LogP contribution in [0.2, 0.25) is 0 Å². The van der Waals surface area contributed by atoms with Crippen LogP contribution in [0.4, 0.5) is 10.5 Å². The van der Waals surface area contributed by atoms with Crippen LogP contribution in [0.5, 0.6) is 11.5 Å². The second kappa shape index (κ2) is 8.06. The maximum Gasteiger partial charge on any atom is 0.329 e. The van der Waals surface area contributed by atoms with Crippen molar-refractivity contribution in [3.8, 4) is 11.5 Å². The van der Waals surface area contributed by atoms with Gasteiger partial charge in [0.15, 0.2) is 11.5 Å². The molecule has 1 aliphatic heterocycles. The van der Waals surface area contributed by atoms with Crippen molar-refractivity contribution in [2.24, 2.45) is 0 Å². The van der Waals surface area contributed by atoms with E-state index in [4.69, 9.17) is 9.47 Å². The molecular formula is C22H23N3O5. The van der Waals surface area contributed by atoms with Gasteiger partial charge in [0.25, 0.3) is 5.91 Å². The summed E-state index contributed by atoms with van der Waals surface area (Å²) < 4.78 is 10.7. The highest BCUT2D eigenvalue weighted by Gasteiger charge is 2.40. The van der Waals surface area contributed by atoms with Gasteiger partial charge < -0.3 is 20.1 Å². The molecular weight excluding hydrogens is 386 g/mol. The number of carbonyl (C=O) groups is 3. The minimum atomic E-state index is -0.885. The average Bonchev–Trinajstić information content (AvgIpc) is 3.26. The summed E-state index contributed by atoms with van der Waals surface area (Å²) in [6.45, 7) is 0. The zero-order valence-corrected chi connectivity index (χ0v) is 16.8. The standard InChI is InChI=1S/C22H23N3O5/c1-29-18-10-13-8-9-16(15(13)11-19(18)30-2)23-20(26)12-17-21(27)25(22(28)24-17)14-6-4-3-5-7-14/h3-7,10-11,16-17H,8-9,12H2,1-2H3,(H,23,26)(H,24,28). The molecule has 2 unspecified atom stereocenters. The molecule has 4 amide bonds. The molecule has 2 aromatic rings. The molecule has 2 N–H and O–H groups in total. The number of hydrogen-bond donors (Lipinski definition) is 2. The van der Waals surface area contributed by atoms with Crippen molar-refractivity contribution in [3.05, 3.63) is 53.6 Å². The number of rotatable bonds is 6. The van der Waals surface area contributed by atoms with Gasteiger partial charge in [-0.1, -0.05) is 18.2 Å². The third kappa shape index (κ3) is 3.56. The largest absolute Gasteiger partial charge is 0.493 e. The Bertz CT molecular complexity index is 992. The molecule has 1 fully saturated rings. The molecule has 8 heteroatoms. The van der Waals surface area contributed by atoms with E-state index in [0.717, 1.165) is 28.9 Å². The molecule has 4 rings (SSSR count). The van der Waals surface area contributed by atoms with Crippen LogP contribution < -0.4 is 25.0 Å². The number of nitrogens with zero attached hydrogens (tertiary/aromatic N) is 1. The van der Waals surface area contributed by atoms with Gasteiger partial charge in [0.1, 0.15) is 6.04 Å². The van der Waals surface area contributed by atoms with Crippen LogP contribution in [0.1, 0.15) is 30.0 Å². The number of ether oxygens (including phenoxy) is 2. The van der Waals surface area contributed by atoms with Crippen molar-refractivity contribution in [3.63, 3.8) is 0 Å². The Morgan fingerprint density at radius 3 is 2.53 bits per heavy atom. The minimum Gasteiger partial charge on any atom is -0.493 e. The molecule has 30 heavy (non-hydrogen) atoms. The van der Waals surface area contributed by atoms with Gasteiger partial charge in [-0.2, -0.15) is 0 Å². The van der Waals surface area contributed by atoms with E-state index in [1.807, 2.05) is 12.1 Å². The highest BCUT2D eigenvalue weighted by Crippen LogP contribution is 2.39. The molecule has 0 bridgehead atoms. The Morgan fingerprint density at radius 1 is 1.13 bits per heavy atom. The van der Waals surface area contributed by atoms with Crippen molar-refractivity contribution in [2.75, 3.05) is 19.1 Å². The van der Waals surface area contributed by atoms with E-state index in [-0.39, 0.29) is 18.4 Å². The van der Waals surface area contributed by atoms with E-state index in [2.05, 4.69) is 10.6 Å². The average molecular weight is 409 g/mol. The van der Waals surface area contributed by atoms with E-state index in [9.17, 15) is 14.4 Å². The van der Waals surface area contributed by atoms with Crippen molar-refractivity contribution < 1.29 is 23.9 Å². The summed E-state index contributed by atoms with van der Waals surface area (Å²) in [5.74, 6) is 0.536. The maximum atomic E-state index is 12.7. The lowest BCUT2D eigenvalue weighted by atomic mass is 10.1. The van der Waals surface area contributed by atoms with Crippen molar-refractivity contribution in [1.29, 1.82) is 0 Å². The first-order chi connectivity index (χ1) is 14.5. The number of fused-ring (bicyclic) bond motifs is 1. The van der Waals surface area contributed by atoms with E-state index in [1.165, 1.54) is 0 Å². The van der Waals surface area contributed by atoms with Crippen LogP contribution in [-0.4, -0.2) is 38.1 Å². The van der Waals surface area contributed by atoms with Crippen LogP contribution in [0.15, 0.2) is 42.5 Å². The lowest BCUT2D eigenvalue weighted by Gasteiger charge is -2.17. The Hall–Kier alpha value is -3.55. The van der Waals surface area contributed by atoms with Crippen LogP contribution in [0, 0.1) is 0 Å². The number of amides is 4. The first-order valence-electron chi connectivity index (χ1n) is 9.75. The number of methoxy groups -OCH3 is 2. The summed E-state index contributed by atoms with van der Waals surface area (Å²) in [6, 6.07) is 10.9. The maximum absolute atomic E-state index is 12.7. The monoisotopic (exact) mass is 409 g/mol. The van der Waals surface area contributed by atoms with Gasteiger partial charge in [0, 0.05) is 0 Å². The number of aryl methyl sites for hydroxylation is 1. The number of carbonyl (C=O) groups excluding carboxylic acids is 3. The van der Waals surface area contributed by atoms with Gasteiger partial charge in [-0.25, -0.2) is 9.69 Å². The summed E-state index contributed by atoms with van der Waals surface area (Å²) in [4.78, 5) is 38.6. The highest BCUT2D eigenvalue weighted by atomic mass is 16.5. The molecule has 1 heterocycles. The Kier molecular flexibility index (Phi) is 5.31. The predicted molar refractivity (Wildman–Crippen MR) is 110 cm³/mol. The SMILES string of the molecule is COc1cc2c(cc1OC)C(NC(=O)CC1NC(=O)N(c3ccccc3)C1=O)CC2. The third-order valence-electron chi connectivity index (χ3n) is 5.48. The second-order valence-electron chi connectivity index (χ2n) is 7.28. The Morgan fingerprint density at radius 2 is 1.83 bits per heavy atom. The third-order valence-corrected chi connectivity index (χ3v) is 5.48. The summed E-state index contributed by atoms with van der Waals surface area (Å²) in [5.41, 5.74) is 2.56. The molecule has 2 atom stereocenters. The zero-order valence-electron chi connectivity index (χ0n) is 16.8. The molecule has 2 aliphatic rings. The van der Waals surface area contributed by atoms with Gasteiger partial charge in [-0.05, 0) is 48.2 Å². The number of nitrogens with one attached hydrogen (secondary N) is 2. The van der Waals surface area contributed by atoms with Crippen LogP contribution in [-0.2, 0) is 16.0 Å². The van der Waals surface area contributed by atoms with Gasteiger partial charge in [0.2, 0.25) is 5.91 Å². The topological polar surface area (TPSA) is 97.0 Å². The van der Waals surface area contributed by atoms with Crippen molar-refractivity contribution >= 4 is 23.5 Å². The van der Waals surface area contributed by atoms with Crippen molar-refractivity contribution in [1.82, 2.24) is 10.6 Å². The molecule has 1 saturated heterocycles. The molecule has 1 aliphatic carbocycles. The minimum absolute atomic E-state index is 0.118. The van der Waals surface area contributed by atoms with Crippen LogP contribution >= 0.6 is 0 Å². The fourth-order valence-electron chi connectivity index (χ4n) is 4.01. The molecule has 156 valence electrons. The fourth-order valence-corrected chi connectivity index (χ4v) is 4.01.